The van der Waals surface area contributed by atoms with Crippen molar-refractivity contribution < 1.29 is 4.52 Å². The maximum absolute atomic E-state index is 6.19. The van der Waals surface area contributed by atoms with Crippen LogP contribution in [0, 0.1) is 6.92 Å². The predicted molar refractivity (Wildman–Crippen MR) is 77.2 cm³/mol. The Morgan fingerprint density at radius 2 is 2.21 bits per heavy atom. The highest BCUT2D eigenvalue weighted by Crippen LogP contribution is 2.36. The number of rotatable bonds is 2. The van der Waals surface area contributed by atoms with Crippen molar-refractivity contribution in [3.63, 3.8) is 0 Å². The first-order valence-electron chi connectivity index (χ1n) is 5.59. The van der Waals surface area contributed by atoms with Gasteiger partial charge in [-0.2, -0.15) is 4.98 Å². The highest BCUT2D eigenvalue weighted by atomic mass is 35.5. The van der Waals surface area contributed by atoms with E-state index in [0.29, 0.717) is 22.4 Å². The van der Waals surface area contributed by atoms with E-state index in [9.17, 15) is 0 Å². The van der Waals surface area contributed by atoms with Crippen LogP contribution in [0.2, 0.25) is 5.02 Å². The van der Waals surface area contributed by atoms with Crippen LogP contribution in [-0.4, -0.2) is 10.1 Å². The van der Waals surface area contributed by atoms with E-state index < -0.39 is 0 Å². The summed E-state index contributed by atoms with van der Waals surface area (Å²) in [6, 6.07) is 7.34. The first-order chi connectivity index (χ1) is 9.15. The molecule has 0 aliphatic heterocycles. The molecule has 96 valence electrons. The maximum atomic E-state index is 6.19. The number of nitrogens with zero attached hydrogens (tertiary/aromatic N) is 2. The highest BCUT2D eigenvalue weighted by molar-refractivity contribution is 7.14. The number of benzene rings is 1. The normalized spacial score (nSPS) is 10.8. The molecule has 2 aromatic heterocycles. The lowest BCUT2D eigenvalue weighted by Gasteiger charge is -1.95. The van der Waals surface area contributed by atoms with Crippen LogP contribution in [-0.2, 0) is 0 Å². The molecule has 0 spiro atoms. The van der Waals surface area contributed by atoms with E-state index in [2.05, 4.69) is 10.1 Å². The number of hydrogen-bond acceptors (Lipinski definition) is 5. The van der Waals surface area contributed by atoms with E-state index >= 15 is 0 Å². The summed E-state index contributed by atoms with van der Waals surface area (Å²) in [5.74, 6) is 0.935. The van der Waals surface area contributed by atoms with Gasteiger partial charge in [-0.25, -0.2) is 0 Å². The smallest absolute Gasteiger partial charge is 0.269 e. The molecule has 1 aromatic carbocycles. The molecule has 6 heteroatoms. The zero-order valence-electron chi connectivity index (χ0n) is 10.1. The molecule has 0 bridgehead atoms. The van der Waals surface area contributed by atoms with Gasteiger partial charge in [0.2, 0.25) is 5.82 Å². The third-order valence-electron chi connectivity index (χ3n) is 2.66. The summed E-state index contributed by atoms with van der Waals surface area (Å²) in [4.78, 5) is 5.15. The van der Waals surface area contributed by atoms with Gasteiger partial charge in [0.1, 0.15) is 4.88 Å². The number of halogens is 1. The highest BCUT2D eigenvalue weighted by Gasteiger charge is 2.16. The van der Waals surface area contributed by atoms with Crippen LogP contribution in [0.5, 0.6) is 0 Å². The fourth-order valence-corrected chi connectivity index (χ4v) is 2.88. The van der Waals surface area contributed by atoms with Crippen LogP contribution in [0.3, 0.4) is 0 Å². The Morgan fingerprint density at radius 3 is 2.89 bits per heavy atom. The fourth-order valence-electron chi connectivity index (χ4n) is 1.68. The number of nitrogen functional groups attached to an aromatic ring is 1. The summed E-state index contributed by atoms with van der Waals surface area (Å²) in [5.41, 5.74) is 8.22. The lowest BCUT2D eigenvalue weighted by molar-refractivity contribution is 0.433. The lowest BCUT2D eigenvalue weighted by atomic mass is 10.2. The molecule has 0 saturated carbocycles. The SMILES string of the molecule is Cc1csc(-c2nc(-c3cccc(N)c3)no2)c1Cl. The quantitative estimate of drug-likeness (QED) is 0.725. The molecule has 0 atom stereocenters. The first kappa shape index (κ1) is 12.2. The average molecular weight is 292 g/mol. The second kappa shape index (κ2) is 4.68. The Hall–Kier alpha value is -1.85. The molecule has 0 amide bonds. The first-order valence-corrected chi connectivity index (χ1v) is 6.84. The van der Waals surface area contributed by atoms with E-state index in [1.54, 1.807) is 6.07 Å². The van der Waals surface area contributed by atoms with Gasteiger partial charge in [-0.15, -0.1) is 11.3 Å². The fraction of sp³-hybridized carbons (Fsp3) is 0.0769. The second-order valence-corrected chi connectivity index (χ2v) is 5.37. The van der Waals surface area contributed by atoms with E-state index in [-0.39, 0.29) is 0 Å². The van der Waals surface area contributed by atoms with Crippen molar-refractivity contribution in [2.45, 2.75) is 6.92 Å². The van der Waals surface area contributed by atoms with Crippen LogP contribution >= 0.6 is 22.9 Å². The largest absolute Gasteiger partial charge is 0.399 e. The molecule has 0 fully saturated rings. The molecule has 0 radical (unpaired) electrons. The van der Waals surface area contributed by atoms with Crippen LogP contribution in [0.15, 0.2) is 34.2 Å². The third-order valence-corrected chi connectivity index (χ3v) is 4.35. The minimum atomic E-state index is 0.431. The van der Waals surface area contributed by atoms with E-state index in [1.807, 2.05) is 30.5 Å². The molecule has 4 nitrogen and oxygen atoms in total. The van der Waals surface area contributed by atoms with Crippen molar-refractivity contribution in [2.24, 2.45) is 0 Å². The number of anilines is 1. The van der Waals surface area contributed by atoms with Gasteiger partial charge in [-0.3, -0.25) is 0 Å². The van der Waals surface area contributed by atoms with Crippen molar-refractivity contribution in [3.8, 4) is 22.2 Å². The molecule has 2 heterocycles. The molecule has 0 unspecified atom stereocenters. The van der Waals surface area contributed by atoms with Gasteiger partial charge in [0.05, 0.1) is 5.02 Å². The number of aromatic nitrogens is 2. The predicted octanol–water partition coefficient (Wildman–Crippen LogP) is 4.01. The molecule has 3 aromatic rings. The lowest BCUT2D eigenvalue weighted by Crippen LogP contribution is -1.86. The van der Waals surface area contributed by atoms with Gasteiger partial charge in [0, 0.05) is 11.3 Å². The van der Waals surface area contributed by atoms with Crippen LogP contribution in [0.1, 0.15) is 5.56 Å². The second-order valence-electron chi connectivity index (χ2n) is 4.11. The molecular formula is C13H10ClN3OS. The van der Waals surface area contributed by atoms with Crippen molar-refractivity contribution in [3.05, 3.63) is 40.2 Å². The number of thiophene rings is 1. The molecular weight excluding hydrogens is 282 g/mol. The summed E-state index contributed by atoms with van der Waals surface area (Å²) < 4.78 is 5.26. The summed E-state index contributed by atoms with van der Waals surface area (Å²) in [5, 5.41) is 6.58. The van der Waals surface area contributed by atoms with Crippen LogP contribution in [0.4, 0.5) is 5.69 Å². The van der Waals surface area contributed by atoms with Gasteiger partial charge in [0.25, 0.3) is 5.89 Å². The summed E-state index contributed by atoms with van der Waals surface area (Å²) >= 11 is 7.67. The minimum absolute atomic E-state index is 0.431. The minimum Gasteiger partial charge on any atom is -0.399 e. The summed E-state index contributed by atoms with van der Waals surface area (Å²) in [6.07, 6.45) is 0. The number of nitrogens with two attached hydrogens (primary N) is 1. The van der Waals surface area contributed by atoms with Gasteiger partial charge in [-0.1, -0.05) is 28.9 Å². The zero-order valence-corrected chi connectivity index (χ0v) is 11.6. The van der Waals surface area contributed by atoms with E-state index in [1.165, 1.54) is 11.3 Å². The Bertz CT molecular complexity index is 735. The number of hydrogen-bond donors (Lipinski definition) is 1. The molecule has 0 saturated heterocycles. The van der Waals surface area contributed by atoms with E-state index in [0.717, 1.165) is 16.0 Å². The van der Waals surface area contributed by atoms with Crippen molar-refractivity contribution in [1.29, 1.82) is 0 Å². The van der Waals surface area contributed by atoms with Crippen LogP contribution in [0.25, 0.3) is 22.2 Å². The topological polar surface area (TPSA) is 64.9 Å². The molecule has 2 N–H and O–H groups in total. The number of aryl methyl sites for hydroxylation is 1. The van der Waals surface area contributed by atoms with E-state index in [4.69, 9.17) is 21.9 Å². The standard InChI is InChI=1S/C13H10ClN3OS/c1-7-6-19-11(10(7)14)13-16-12(17-18-13)8-3-2-4-9(15)5-8/h2-6H,15H2,1H3. The average Bonchev–Trinajstić information content (AvgIpc) is 2.98. The molecule has 3 rings (SSSR count). The third kappa shape index (κ3) is 2.22. The molecule has 19 heavy (non-hydrogen) atoms. The van der Waals surface area contributed by atoms with Crippen molar-refractivity contribution in [2.75, 3.05) is 5.73 Å². The zero-order chi connectivity index (χ0) is 13.4. The molecule has 0 aliphatic rings. The van der Waals surface area contributed by atoms with Crippen molar-refractivity contribution in [1.82, 2.24) is 10.1 Å². The van der Waals surface area contributed by atoms with Crippen molar-refractivity contribution >= 4 is 28.6 Å². The Labute approximate surface area is 118 Å². The Morgan fingerprint density at radius 1 is 1.37 bits per heavy atom. The summed E-state index contributed by atoms with van der Waals surface area (Å²) in [6.45, 7) is 1.94. The Balaban J connectivity index is 2.02. The molecule has 0 aliphatic carbocycles. The monoisotopic (exact) mass is 291 g/mol. The Kier molecular flexibility index (Phi) is 3.00. The van der Waals surface area contributed by atoms with Gasteiger partial charge >= 0.3 is 0 Å². The van der Waals surface area contributed by atoms with Gasteiger partial charge in [0.15, 0.2) is 0 Å². The van der Waals surface area contributed by atoms with Gasteiger partial charge in [-0.05, 0) is 30.0 Å². The van der Waals surface area contributed by atoms with Gasteiger partial charge < -0.3 is 10.3 Å². The maximum Gasteiger partial charge on any atom is 0.269 e. The summed E-state index contributed by atoms with van der Waals surface area (Å²) in [7, 11) is 0. The van der Waals surface area contributed by atoms with Crippen LogP contribution < -0.4 is 5.73 Å².